The van der Waals surface area contributed by atoms with Crippen LogP contribution in [0.25, 0.3) is 0 Å². The highest BCUT2D eigenvalue weighted by atomic mass is 35.5. The van der Waals surface area contributed by atoms with Crippen LogP contribution in [0.2, 0.25) is 0 Å². The number of nitrogens with two attached hydrogens (primary N) is 1. The number of halogens is 4. The molecule has 10 heteroatoms. The van der Waals surface area contributed by atoms with Crippen LogP contribution in [0, 0.1) is 5.92 Å². The molecule has 166 valence electrons. The maximum absolute atomic E-state index is 13.2. The van der Waals surface area contributed by atoms with Gasteiger partial charge < -0.3 is 26.0 Å². The molecular weight excluding hydrogens is 405 g/mol. The Hall–Kier alpha value is -0.410. The molecular formula is C17H36Cl2F2N2O4. The van der Waals surface area contributed by atoms with E-state index >= 15 is 0 Å². The third-order valence-corrected chi connectivity index (χ3v) is 4.25. The molecule has 2 fully saturated rings. The van der Waals surface area contributed by atoms with Crippen LogP contribution in [-0.4, -0.2) is 59.5 Å². The number of ether oxygens (including phenoxy) is 1. The maximum atomic E-state index is 13.2. The second-order valence-corrected chi connectivity index (χ2v) is 7.45. The standard InChI is InChI=1S/C11H20FNO2.C5H10FNO.CH4O.2ClH/c1-7-8(12)5-6-9(7)13-10(14)15-11(2,3)4;6-3-1-2-4(7)5(3)8;1-2;;/h7-9H,5-6H2,1-4H3,(H,13,14);3-5,8H,1-2,7H2;2H,1H3;2*1H/t7-,8-,9-;3-,4-,5-;;;/m11.../s1. The van der Waals surface area contributed by atoms with Crippen molar-refractivity contribution in [3.8, 4) is 0 Å². The average molecular weight is 441 g/mol. The highest BCUT2D eigenvalue weighted by Crippen LogP contribution is 2.28. The van der Waals surface area contributed by atoms with E-state index in [-0.39, 0.29) is 42.8 Å². The molecule has 5 N–H and O–H groups in total. The summed E-state index contributed by atoms with van der Waals surface area (Å²) in [6, 6.07) is -0.417. The summed E-state index contributed by atoms with van der Waals surface area (Å²) in [5, 5.41) is 18.5. The largest absolute Gasteiger partial charge is 0.444 e. The summed E-state index contributed by atoms with van der Waals surface area (Å²) in [7, 11) is 1.00. The lowest BCUT2D eigenvalue weighted by Gasteiger charge is -2.23. The summed E-state index contributed by atoms with van der Waals surface area (Å²) in [5.41, 5.74) is 4.78. The van der Waals surface area contributed by atoms with E-state index in [0.29, 0.717) is 25.7 Å². The fourth-order valence-electron chi connectivity index (χ4n) is 2.74. The molecule has 0 aliphatic heterocycles. The SMILES string of the molecule is CO.C[C@@H]1[C@H](F)CC[C@H]1NC(=O)OC(C)(C)C.Cl.Cl.N[C@@H]1CC[C@@H](F)[C@H]1O. The van der Waals surface area contributed by atoms with Crippen LogP contribution in [0.4, 0.5) is 13.6 Å². The Kier molecular flexibility index (Phi) is 16.9. The fraction of sp³-hybridized carbons (Fsp3) is 0.941. The molecule has 0 unspecified atom stereocenters. The molecule has 0 saturated heterocycles. The molecule has 2 aliphatic carbocycles. The minimum atomic E-state index is -1.08. The minimum Gasteiger partial charge on any atom is -0.444 e. The Balaban J connectivity index is -0.000000411. The van der Waals surface area contributed by atoms with Crippen LogP contribution in [0.3, 0.4) is 0 Å². The van der Waals surface area contributed by atoms with Gasteiger partial charge in [0, 0.05) is 25.1 Å². The van der Waals surface area contributed by atoms with E-state index in [1.165, 1.54) is 0 Å². The van der Waals surface area contributed by atoms with Crippen molar-refractivity contribution in [2.75, 3.05) is 7.11 Å². The van der Waals surface area contributed by atoms with Crippen LogP contribution in [0.1, 0.15) is 53.4 Å². The number of carbonyl (C=O) groups is 1. The molecule has 2 rings (SSSR count). The molecule has 6 atom stereocenters. The van der Waals surface area contributed by atoms with Crippen LogP contribution < -0.4 is 11.1 Å². The number of hydrogen-bond acceptors (Lipinski definition) is 5. The molecule has 6 nitrogen and oxygen atoms in total. The van der Waals surface area contributed by atoms with Crippen molar-refractivity contribution < 1.29 is 28.5 Å². The number of alkyl halides is 2. The number of alkyl carbamates (subject to hydrolysis) is 1. The normalized spacial score (nSPS) is 31.8. The molecule has 0 spiro atoms. The number of nitrogens with one attached hydrogen (secondary N) is 1. The molecule has 2 saturated carbocycles. The number of carbonyl (C=O) groups excluding carboxylic acids is 1. The van der Waals surface area contributed by atoms with E-state index in [2.05, 4.69) is 5.32 Å². The number of amides is 1. The Morgan fingerprint density at radius 3 is 1.81 bits per heavy atom. The van der Waals surface area contributed by atoms with Gasteiger partial charge in [0.2, 0.25) is 0 Å². The molecule has 0 aromatic heterocycles. The molecule has 0 aromatic carbocycles. The van der Waals surface area contributed by atoms with Crippen LogP contribution >= 0.6 is 24.8 Å². The molecule has 2 aliphatic rings. The quantitative estimate of drug-likeness (QED) is 0.501. The lowest BCUT2D eigenvalue weighted by atomic mass is 10.1. The monoisotopic (exact) mass is 440 g/mol. The van der Waals surface area contributed by atoms with Gasteiger partial charge in [0.25, 0.3) is 0 Å². The van der Waals surface area contributed by atoms with Gasteiger partial charge in [0.05, 0.1) is 0 Å². The summed E-state index contributed by atoms with van der Waals surface area (Å²) in [4.78, 5) is 11.4. The predicted molar refractivity (Wildman–Crippen MR) is 107 cm³/mol. The summed E-state index contributed by atoms with van der Waals surface area (Å²) >= 11 is 0. The summed E-state index contributed by atoms with van der Waals surface area (Å²) in [5.74, 6) is -0.113. The van der Waals surface area contributed by atoms with Crippen molar-refractivity contribution in [3.05, 3.63) is 0 Å². The highest BCUT2D eigenvalue weighted by Gasteiger charge is 2.34. The van der Waals surface area contributed by atoms with Crippen molar-refractivity contribution >= 4 is 30.9 Å². The topological polar surface area (TPSA) is 105 Å². The van der Waals surface area contributed by atoms with Crippen molar-refractivity contribution in [1.29, 1.82) is 0 Å². The Bertz CT molecular complexity index is 394. The van der Waals surface area contributed by atoms with E-state index in [4.69, 9.17) is 20.7 Å². The minimum absolute atomic E-state index is 0. The number of hydrogen-bond donors (Lipinski definition) is 4. The van der Waals surface area contributed by atoms with Crippen molar-refractivity contribution in [2.24, 2.45) is 11.7 Å². The van der Waals surface area contributed by atoms with Gasteiger partial charge in [0.1, 0.15) is 24.0 Å². The highest BCUT2D eigenvalue weighted by molar-refractivity contribution is 5.85. The van der Waals surface area contributed by atoms with Crippen LogP contribution in [-0.2, 0) is 4.74 Å². The Morgan fingerprint density at radius 1 is 1.07 bits per heavy atom. The lowest BCUT2D eigenvalue weighted by molar-refractivity contribution is 0.0490. The van der Waals surface area contributed by atoms with Gasteiger partial charge in [-0.05, 0) is 46.5 Å². The Morgan fingerprint density at radius 2 is 1.56 bits per heavy atom. The first-order valence-corrected chi connectivity index (χ1v) is 8.67. The molecule has 0 radical (unpaired) electrons. The first kappa shape index (κ1) is 31.3. The fourth-order valence-corrected chi connectivity index (χ4v) is 2.74. The summed E-state index contributed by atoms with van der Waals surface area (Å²) in [6.45, 7) is 7.24. The first-order chi connectivity index (χ1) is 11.5. The zero-order chi connectivity index (χ0) is 19.8. The van der Waals surface area contributed by atoms with Crippen molar-refractivity contribution in [3.63, 3.8) is 0 Å². The third kappa shape index (κ3) is 11.9. The van der Waals surface area contributed by atoms with Crippen LogP contribution in [0.5, 0.6) is 0 Å². The maximum Gasteiger partial charge on any atom is 0.407 e. The number of rotatable bonds is 1. The van der Waals surface area contributed by atoms with Gasteiger partial charge in [-0.1, -0.05) is 6.92 Å². The van der Waals surface area contributed by atoms with Gasteiger partial charge in [-0.2, -0.15) is 0 Å². The molecule has 27 heavy (non-hydrogen) atoms. The van der Waals surface area contributed by atoms with Gasteiger partial charge in [-0.3, -0.25) is 0 Å². The lowest BCUT2D eigenvalue weighted by Crippen LogP contribution is -2.41. The van der Waals surface area contributed by atoms with Crippen molar-refractivity contribution in [2.45, 2.75) is 89.5 Å². The van der Waals surface area contributed by atoms with E-state index in [0.717, 1.165) is 7.11 Å². The third-order valence-electron chi connectivity index (χ3n) is 4.25. The average Bonchev–Trinajstić information content (AvgIpc) is 2.98. The van der Waals surface area contributed by atoms with E-state index in [1.54, 1.807) is 0 Å². The summed E-state index contributed by atoms with van der Waals surface area (Å²) < 4.78 is 30.5. The van der Waals surface area contributed by atoms with Crippen LogP contribution in [0.15, 0.2) is 0 Å². The van der Waals surface area contributed by atoms with Gasteiger partial charge >= 0.3 is 6.09 Å². The molecule has 0 bridgehead atoms. The van der Waals surface area contributed by atoms with Gasteiger partial charge in [-0.15, -0.1) is 24.8 Å². The van der Waals surface area contributed by atoms with E-state index in [1.807, 2.05) is 27.7 Å². The second-order valence-electron chi connectivity index (χ2n) is 7.45. The zero-order valence-electron chi connectivity index (χ0n) is 16.7. The zero-order valence-corrected chi connectivity index (χ0v) is 18.3. The van der Waals surface area contributed by atoms with Gasteiger partial charge in [0.15, 0.2) is 0 Å². The first-order valence-electron chi connectivity index (χ1n) is 8.67. The predicted octanol–water partition coefficient (Wildman–Crippen LogP) is 2.91. The Labute approximate surface area is 173 Å². The van der Waals surface area contributed by atoms with Gasteiger partial charge in [-0.25, -0.2) is 13.6 Å². The van der Waals surface area contributed by atoms with E-state index in [9.17, 15) is 13.6 Å². The molecule has 0 heterocycles. The molecule has 0 aromatic rings. The molecule has 1 amide bonds. The van der Waals surface area contributed by atoms with E-state index < -0.39 is 30.1 Å². The second kappa shape index (κ2) is 14.6. The number of aliphatic hydroxyl groups excluding tert-OH is 2. The number of aliphatic hydroxyl groups is 2. The van der Waals surface area contributed by atoms with Crippen molar-refractivity contribution in [1.82, 2.24) is 5.32 Å². The smallest absolute Gasteiger partial charge is 0.407 e. The summed E-state index contributed by atoms with van der Waals surface area (Å²) in [6.07, 6.45) is -0.980.